The molecule has 6 nitrogen and oxygen atoms in total. The van der Waals surface area contributed by atoms with Gasteiger partial charge in [0.05, 0.1) is 18.3 Å². The Labute approximate surface area is 202 Å². The van der Waals surface area contributed by atoms with Crippen LogP contribution in [0.25, 0.3) is 10.9 Å². The van der Waals surface area contributed by atoms with Crippen molar-refractivity contribution in [2.24, 2.45) is 0 Å². The number of nitrogens with zero attached hydrogens (tertiary/aromatic N) is 3. The minimum atomic E-state index is -0.0322. The lowest BCUT2D eigenvalue weighted by Gasteiger charge is -2.32. The predicted molar refractivity (Wildman–Crippen MR) is 139 cm³/mol. The lowest BCUT2D eigenvalue weighted by molar-refractivity contribution is 0.194. The number of hydrogen-bond acceptors (Lipinski definition) is 4. The molecule has 0 bridgehead atoms. The zero-order valence-electron chi connectivity index (χ0n) is 20.6. The summed E-state index contributed by atoms with van der Waals surface area (Å²) >= 11 is 0. The summed E-state index contributed by atoms with van der Waals surface area (Å²) in [6.07, 6.45) is 3.08. The van der Waals surface area contributed by atoms with Crippen LogP contribution in [0.1, 0.15) is 50.3 Å². The number of hydrogen-bond donors (Lipinski definition) is 1. The fraction of sp³-hybridized carbons (Fsp3) is 0.429. The summed E-state index contributed by atoms with van der Waals surface area (Å²) in [4.78, 5) is 22.0. The van der Waals surface area contributed by atoms with Gasteiger partial charge in [-0.3, -0.25) is 9.88 Å². The van der Waals surface area contributed by atoms with Gasteiger partial charge in [0, 0.05) is 30.7 Å². The Balaban J connectivity index is 1.34. The number of pyridine rings is 1. The maximum Gasteiger partial charge on any atom is 0.321 e. The Morgan fingerprint density at radius 1 is 1.09 bits per heavy atom. The van der Waals surface area contributed by atoms with Gasteiger partial charge >= 0.3 is 6.03 Å². The number of amides is 2. The number of ether oxygens (including phenoxy) is 1. The second kappa shape index (κ2) is 11.3. The first kappa shape index (κ1) is 24.0. The summed E-state index contributed by atoms with van der Waals surface area (Å²) < 4.78 is 5.26. The zero-order valence-corrected chi connectivity index (χ0v) is 20.6. The van der Waals surface area contributed by atoms with E-state index in [2.05, 4.69) is 48.3 Å². The molecule has 1 aromatic heterocycles. The number of carbonyl (C=O) groups is 1. The first-order chi connectivity index (χ1) is 16.6. The van der Waals surface area contributed by atoms with Crippen LogP contribution in [0.15, 0.2) is 54.6 Å². The highest BCUT2D eigenvalue weighted by Gasteiger charge is 2.24. The van der Waals surface area contributed by atoms with Gasteiger partial charge in [-0.2, -0.15) is 0 Å². The molecule has 34 heavy (non-hydrogen) atoms. The third-order valence-electron chi connectivity index (χ3n) is 6.74. The first-order valence-corrected chi connectivity index (χ1v) is 12.4. The second-order valence-electron chi connectivity index (χ2n) is 9.04. The number of urea groups is 1. The quantitative estimate of drug-likeness (QED) is 0.456. The van der Waals surface area contributed by atoms with E-state index in [0.29, 0.717) is 5.92 Å². The molecule has 2 aromatic carbocycles. The topological polar surface area (TPSA) is 57.7 Å². The van der Waals surface area contributed by atoms with Crippen molar-refractivity contribution in [3.05, 3.63) is 65.9 Å². The molecular formula is C28H36N4O2. The van der Waals surface area contributed by atoms with Crippen molar-refractivity contribution in [3.63, 3.8) is 0 Å². The number of rotatable bonds is 8. The maximum absolute atomic E-state index is 12.9. The SMILES string of the molecule is CCCN(CC)Cc1ccc2cc(NC(=O)N3CCC(c4ccc(OC)cc4)CC3)ccc2n1. The molecular weight excluding hydrogens is 424 g/mol. The Hall–Kier alpha value is -3.12. The summed E-state index contributed by atoms with van der Waals surface area (Å²) in [5.74, 6) is 1.36. The number of carbonyl (C=O) groups excluding carboxylic acids is 1. The number of piperidine rings is 1. The van der Waals surface area contributed by atoms with E-state index < -0.39 is 0 Å². The fourth-order valence-electron chi connectivity index (χ4n) is 4.72. The molecule has 1 aliphatic rings. The Kier molecular flexibility index (Phi) is 8.01. The van der Waals surface area contributed by atoms with Crippen LogP contribution in [0, 0.1) is 0 Å². The largest absolute Gasteiger partial charge is 0.497 e. The Bertz CT molecular complexity index is 1090. The number of aromatic nitrogens is 1. The number of methoxy groups -OCH3 is 1. The lowest BCUT2D eigenvalue weighted by atomic mass is 9.89. The van der Waals surface area contributed by atoms with Gasteiger partial charge in [-0.05, 0) is 80.2 Å². The molecule has 0 saturated carbocycles. The van der Waals surface area contributed by atoms with Crippen molar-refractivity contribution >= 4 is 22.6 Å². The third-order valence-corrected chi connectivity index (χ3v) is 6.74. The molecule has 1 N–H and O–H groups in total. The monoisotopic (exact) mass is 460 g/mol. The van der Waals surface area contributed by atoms with E-state index in [-0.39, 0.29) is 6.03 Å². The highest BCUT2D eigenvalue weighted by atomic mass is 16.5. The maximum atomic E-state index is 12.9. The molecule has 4 rings (SSSR count). The molecule has 3 aromatic rings. The minimum absolute atomic E-state index is 0.0322. The van der Waals surface area contributed by atoms with Crippen LogP contribution in [0.5, 0.6) is 5.75 Å². The molecule has 2 heterocycles. The minimum Gasteiger partial charge on any atom is -0.497 e. The summed E-state index contributed by atoms with van der Waals surface area (Å²) in [6, 6.07) is 18.4. The molecule has 0 atom stereocenters. The summed E-state index contributed by atoms with van der Waals surface area (Å²) in [5, 5.41) is 4.12. The molecule has 1 fully saturated rings. The van der Waals surface area contributed by atoms with E-state index in [9.17, 15) is 4.79 Å². The van der Waals surface area contributed by atoms with Gasteiger partial charge in [-0.15, -0.1) is 0 Å². The summed E-state index contributed by atoms with van der Waals surface area (Å²) in [6.45, 7) is 8.88. The van der Waals surface area contributed by atoms with E-state index >= 15 is 0 Å². The predicted octanol–water partition coefficient (Wildman–Crippen LogP) is 5.89. The van der Waals surface area contributed by atoms with E-state index in [1.54, 1.807) is 7.11 Å². The molecule has 2 amide bonds. The van der Waals surface area contributed by atoms with Gasteiger partial charge in [0.25, 0.3) is 0 Å². The third kappa shape index (κ3) is 5.86. The van der Waals surface area contributed by atoms with Crippen molar-refractivity contribution in [3.8, 4) is 5.75 Å². The average Bonchev–Trinajstić information content (AvgIpc) is 2.88. The first-order valence-electron chi connectivity index (χ1n) is 12.4. The molecule has 0 aliphatic carbocycles. The molecule has 0 unspecified atom stereocenters. The van der Waals surface area contributed by atoms with E-state index in [1.165, 1.54) is 5.56 Å². The number of benzene rings is 2. The Morgan fingerprint density at radius 3 is 2.53 bits per heavy atom. The lowest BCUT2D eigenvalue weighted by Crippen LogP contribution is -2.40. The van der Waals surface area contributed by atoms with Crippen LogP contribution in [-0.4, -0.2) is 54.1 Å². The summed E-state index contributed by atoms with van der Waals surface area (Å²) in [7, 11) is 1.68. The Morgan fingerprint density at radius 2 is 1.85 bits per heavy atom. The second-order valence-corrected chi connectivity index (χ2v) is 9.04. The van der Waals surface area contributed by atoms with Crippen molar-refractivity contribution in [1.82, 2.24) is 14.8 Å². The molecule has 0 radical (unpaired) electrons. The van der Waals surface area contributed by atoms with Gasteiger partial charge in [-0.25, -0.2) is 4.79 Å². The van der Waals surface area contributed by atoms with Crippen molar-refractivity contribution in [2.45, 2.75) is 45.6 Å². The number of nitrogens with one attached hydrogen (secondary N) is 1. The number of anilines is 1. The molecule has 0 spiro atoms. The van der Waals surface area contributed by atoms with Crippen LogP contribution in [0.2, 0.25) is 0 Å². The standard InChI is InChI=1S/C28H36N4O2/c1-4-16-31(5-2)20-25-9-6-23-19-24(10-13-27(23)29-25)30-28(33)32-17-14-22(15-18-32)21-7-11-26(34-3)12-8-21/h6-13,19,22H,4-5,14-18,20H2,1-3H3,(H,30,33). The normalized spacial score (nSPS) is 14.5. The van der Waals surface area contributed by atoms with Gasteiger partial charge in [-0.1, -0.05) is 32.0 Å². The number of fused-ring (bicyclic) bond motifs is 1. The summed E-state index contributed by atoms with van der Waals surface area (Å²) in [5.41, 5.74) is 4.17. The molecule has 1 aliphatic heterocycles. The van der Waals surface area contributed by atoms with Gasteiger partial charge in [0.1, 0.15) is 5.75 Å². The van der Waals surface area contributed by atoms with Gasteiger partial charge < -0.3 is 15.0 Å². The van der Waals surface area contributed by atoms with Crippen LogP contribution in [-0.2, 0) is 6.54 Å². The van der Waals surface area contributed by atoms with Crippen molar-refractivity contribution < 1.29 is 9.53 Å². The molecule has 180 valence electrons. The van der Waals surface area contributed by atoms with Crippen molar-refractivity contribution in [2.75, 3.05) is 38.6 Å². The van der Waals surface area contributed by atoms with Crippen molar-refractivity contribution in [1.29, 1.82) is 0 Å². The highest BCUT2D eigenvalue weighted by Crippen LogP contribution is 2.29. The molecule has 6 heteroatoms. The van der Waals surface area contributed by atoms with Crippen LogP contribution >= 0.6 is 0 Å². The van der Waals surface area contributed by atoms with Crippen LogP contribution in [0.4, 0.5) is 10.5 Å². The van der Waals surface area contributed by atoms with E-state index in [0.717, 1.165) is 80.0 Å². The van der Waals surface area contributed by atoms with Gasteiger partial charge in [0.2, 0.25) is 0 Å². The van der Waals surface area contributed by atoms with E-state index in [1.807, 2.05) is 35.2 Å². The fourth-order valence-corrected chi connectivity index (χ4v) is 4.72. The smallest absolute Gasteiger partial charge is 0.321 e. The number of likely N-dealkylation sites (tertiary alicyclic amines) is 1. The van der Waals surface area contributed by atoms with Crippen LogP contribution < -0.4 is 10.1 Å². The zero-order chi connectivity index (χ0) is 23.9. The highest BCUT2D eigenvalue weighted by molar-refractivity contribution is 5.92. The molecule has 1 saturated heterocycles. The average molecular weight is 461 g/mol. The van der Waals surface area contributed by atoms with Crippen LogP contribution in [0.3, 0.4) is 0 Å². The van der Waals surface area contributed by atoms with E-state index in [4.69, 9.17) is 9.72 Å². The van der Waals surface area contributed by atoms with Gasteiger partial charge in [0.15, 0.2) is 0 Å².